The molecule has 0 saturated heterocycles. The van der Waals surface area contributed by atoms with Gasteiger partial charge in [-0.2, -0.15) is 5.10 Å². The molecule has 0 spiro atoms. The average molecular weight is 439 g/mol. The van der Waals surface area contributed by atoms with Crippen LogP contribution < -0.4 is 14.9 Å². The molecule has 28 heavy (non-hydrogen) atoms. The molecular weight excluding hydrogens is 416 g/mol. The summed E-state index contributed by atoms with van der Waals surface area (Å²) in [5.41, 5.74) is 7.22. The summed E-state index contributed by atoms with van der Waals surface area (Å²) in [6.45, 7) is 5.06. The van der Waals surface area contributed by atoms with Crippen molar-refractivity contribution < 1.29 is 9.47 Å². The average Bonchev–Trinajstić information content (AvgIpc) is 2.70. The Labute approximate surface area is 174 Å². The lowest BCUT2D eigenvalue weighted by Gasteiger charge is -2.12. The number of hydrogen-bond acceptors (Lipinski definition) is 4. The molecule has 0 bridgehead atoms. The number of aryl methyl sites for hydroxylation is 1. The fourth-order valence-corrected chi connectivity index (χ4v) is 2.81. The monoisotopic (exact) mass is 438 g/mol. The van der Waals surface area contributed by atoms with Gasteiger partial charge in [0, 0.05) is 4.47 Å². The first kappa shape index (κ1) is 20.0. The van der Waals surface area contributed by atoms with E-state index in [0.717, 1.165) is 21.3 Å². The highest BCUT2D eigenvalue weighted by molar-refractivity contribution is 9.10. The number of anilines is 1. The lowest BCUT2D eigenvalue weighted by molar-refractivity contribution is 0.269. The van der Waals surface area contributed by atoms with Gasteiger partial charge in [0.05, 0.1) is 18.5 Å². The molecule has 0 aliphatic rings. The van der Waals surface area contributed by atoms with Crippen molar-refractivity contribution in [3.63, 3.8) is 0 Å². The number of nitrogens with zero attached hydrogens (tertiary/aromatic N) is 1. The first-order valence-corrected chi connectivity index (χ1v) is 9.93. The Morgan fingerprint density at radius 3 is 2.39 bits per heavy atom. The SMILES string of the molecule is CCOc1cc(/C=N/Nc2ccc(C)cc2)ccc1OCc1ccc(Br)cc1. The summed E-state index contributed by atoms with van der Waals surface area (Å²) in [4.78, 5) is 0. The molecule has 4 nitrogen and oxygen atoms in total. The predicted octanol–water partition coefficient (Wildman–Crippen LogP) is 6.18. The predicted molar refractivity (Wildman–Crippen MR) is 118 cm³/mol. The number of nitrogens with one attached hydrogen (secondary N) is 1. The zero-order chi connectivity index (χ0) is 19.8. The van der Waals surface area contributed by atoms with Crippen LogP contribution >= 0.6 is 15.9 Å². The van der Waals surface area contributed by atoms with Crippen LogP contribution in [-0.2, 0) is 6.61 Å². The number of halogens is 1. The Morgan fingerprint density at radius 1 is 0.929 bits per heavy atom. The molecule has 0 aromatic heterocycles. The van der Waals surface area contributed by atoms with Crippen LogP contribution in [0.1, 0.15) is 23.6 Å². The van der Waals surface area contributed by atoms with Gasteiger partial charge < -0.3 is 9.47 Å². The minimum Gasteiger partial charge on any atom is -0.490 e. The van der Waals surface area contributed by atoms with Crippen LogP contribution in [0.2, 0.25) is 0 Å². The van der Waals surface area contributed by atoms with E-state index in [2.05, 4.69) is 33.4 Å². The molecule has 3 aromatic carbocycles. The van der Waals surface area contributed by atoms with Crippen molar-refractivity contribution in [1.82, 2.24) is 0 Å². The summed E-state index contributed by atoms with van der Waals surface area (Å²) < 4.78 is 12.8. The molecule has 0 atom stereocenters. The van der Waals surface area contributed by atoms with Gasteiger partial charge in [0.2, 0.25) is 0 Å². The van der Waals surface area contributed by atoms with E-state index in [9.17, 15) is 0 Å². The molecule has 1 N–H and O–H groups in total. The van der Waals surface area contributed by atoms with Crippen molar-refractivity contribution in [2.45, 2.75) is 20.5 Å². The first-order chi connectivity index (χ1) is 13.6. The van der Waals surface area contributed by atoms with E-state index < -0.39 is 0 Å². The van der Waals surface area contributed by atoms with Gasteiger partial charge in [0.15, 0.2) is 11.5 Å². The minimum atomic E-state index is 0.482. The van der Waals surface area contributed by atoms with Crippen molar-refractivity contribution >= 4 is 27.8 Å². The molecular formula is C23H23BrN2O2. The van der Waals surface area contributed by atoms with Crippen LogP contribution in [0.5, 0.6) is 11.5 Å². The highest BCUT2D eigenvalue weighted by Gasteiger charge is 2.06. The van der Waals surface area contributed by atoms with Crippen LogP contribution in [0, 0.1) is 6.92 Å². The molecule has 0 aliphatic heterocycles. The van der Waals surface area contributed by atoms with Crippen LogP contribution in [0.4, 0.5) is 5.69 Å². The van der Waals surface area contributed by atoms with Crippen molar-refractivity contribution in [2.75, 3.05) is 12.0 Å². The lowest BCUT2D eigenvalue weighted by atomic mass is 10.2. The van der Waals surface area contributed by atoms with Gasteiger partial charge >= 0.3 is 0 Å². The molecule has 0 radical (unpaired) electrons. The number of hydrazone groups is 1. The molecule has 3 aromatic rings. The van der Waals surface area contributed by atoms with E-state index in [1.807, 2.05) is 73.7 Å². The fourth-order valence-electron chi connectivity index (χ4n) is 2.54. The maximum absolute atomic E-state index is 5.96. The molecule has 0 heterocycles. The van der Waals surface area contributed by atoms with Gasteiger partial charge in [0.25, 0.3) is 0 Å². The number of ether oxygens (including phenoxy) is 2. The van der Waals surface area contributed by atoms with Gasteiger partial charge in [0.1, 0.15) is 6.61 Å². The number of hydrogen-bond donors (Lipinski definition) is 1. The standard InChI is InChI=1S/C23H23BrN2O2/c1-3-27-23-14-19(15-25-26-21-11-4-17(2)5-12-21)8-13-22(23)28-16-18-6-9-20(24)10-7-18/h4-15,26H,3,16H2,1-2H3/b25-15+. The summed E-state index contributed by atoms with van der Waals surface area (Å²) in [6.07, 6.45) is 1.76. The van der Waals surface area contributed by atoms with Gasteiger partial charge in [-0.05, 0) is 67.4 Å². The third kappa shape index (κ3) is 5.86. The van der Waals surface area contributed by atoms with Crippen LogP contribution in [0.15, 0.2) is 76.3 Å². The van der Waals surface area contributed by atoms with Gasteiger partial charge in [-0.15, -0.1) is 0 Å². The van der Waals surface area contributed by atoms with E-state index in [-0.39, 0.29) is 0 Å². The molecule has 3 rings (SSSR count). The zero-order valence-corrected chi connectivity index (χ0v) is 17.6. The lowest BCUT2D eigenvalue weighted by Crippen LogP contribution is -2.00. The summed E-state index contributed by atoms with van der Waals surface area (Å²) in [7, 11) is 0. The van der Waals surface area contributed by atoms with E-state index in [4.69, 9.17) is 9.47 Å². The largest absolute Gasteiger partial charge is 0.490 e. The molecule has 0 aliphatic carbocycles. The first-order valence-electron chi connectivity index (χ1n) is 9.14. The van der Waals surface area contributed by atoms with E-state index in [1.165, 1.54) is 5.56 Å². The van der Waals surface area contributed by atoms with Crippen molar-refractivity contribution in [3.8, 4) is 11.5 Å². The van der Waals surface area contributed by atoms with Gasteiger partial charge in [-0.25, -0.2) is 0 Å². The maximum atomic E-state index is 5.96. The van der Waals surface area contributed by atoms with Crippen LogP contribution in [0.25, 0.3) is 0 Å². The van der Waals surface area contributed by atoms with Crippen molar-refractivity contribution in [1.29, 1.82) is 0 Å². The molecule has 0 fully saturated rings. The van der Waals surface area contributed by atoms with E-state index in [1.54, 1.807) is 6.21 Å². The van der Waals surface area contributed by atoms with Crippen molar-refractivity contribution in [3.05, 3.63) is 87.9 Å². The van der Waals surface area contributed by atoms with Gasteiger partial charge in [-0.3, -0.25) is 5.43 Å². The molecule has 0 amide bonds. The Bertz CT molecular complexity index is 922. The van der Waals surface area contributed by atoms with Crippen LogP contribution in [-0.4, -0.2) is 12.8 Å². The van der Waals surface area contributed by atoms with E-state index >= 15 is 0 Å². The Balaban J connectivity index is 1.66. The zero-order valence-electron chi connectivity index (χ0n) is 16.0. The molecule has 5 heteroatoms. The summed E-state index contributed by atoms with van der Waals surface area (Å²) in [6, 6.07) is 22.0. The number of rotatable bonds is 8. The van der Waals surface area contributed by atoms with E-state index in [0.29, 0.717) is 24.7 Å². The smallest absolute Gasteiger partial charge is 0.161 e. The summed E-state index contributed by atoms with van der Waals surface area (Å²) in [5.74, 6) is 1.42. The molecule has 144 valence electrons. The second-order valence-corrected chi connectivity index (χ2v) is 7.21. The second kappa shape index (κ2) is 9.95. The summed E-state index contributed by atoms with van der Waals surface area (Å²) >= 11 is 3.44. The Hall–Kier alpha value is -2.79. The third-order valence-corrected chi connectivity index (χ3v) is 4.56. The quantitative estimate of drug-likeness (QED) is 0.337. The minimum absolute atomic E-state index is 0.482. The third-order valence-electron chi connectivity index (χ3n) is 4.03. The topological polar surface area (TPSA) is 42.8 Å². The normalized spacial score (nSPS) is 10.8. The van der Waals surface area contributed by atoms with Crippen molar-refractivity contribution in [2.24, 2.45) is 5.10 Å². The fraction of sp³-hybridized carbons (Fsp3) is 0.174. The highest BCUT2D eigenvalue weighted by Crippen LogP contribution is 2.29. The Morgan fingerprint density at radius 2 is 1.68 bits per heavy atom. The molecule has 0 unspecified atom stereocenters. The maximum Gasteiger partial charge on any atom is 0.161 e. The Kier molecular flexibility index (Phi) is 7.09. The summed E-state index contributed by atoms with van der Waals surface area (Å²) in [5, 5.41) is 4.30. The number of benzene rings is 3. The molecule has 0 saturated carbocycles. The second-order valence-electron chi connectivity index (χ2n) is 6.29. The highest BCUT2D eigenvalue weighted by atomic mass is 79.9. The van der Waals surface area contributed by atoms with Crippen LogP contribution in [0.3, 0.4) is 0 Å². The van der Waals surface area contributed by atoms with Gasteiger partial charge in [-0.1, -0.05) is 45.8 Å².